The summed E-state index contributed by atoms with van der Waals surface area (Å²) in [7, 11) is 0. The van der Waals surface area contributed by atoms with Crippen molar-refractivity contribution in [1.29, 1.82) is 0 Å². The number of halogens is 2. The molecule has 2 aromatic heterocycles. The van der Waals surface area contributed by atoms with Gasteiger partial charge in [0.1, 0.15) is 11.4 Å². The van der Waals surface area contributed by atoms with Crippen LogP contribution in [0.1, 0.15) is 0 Å². The summed E-state index contributed by atoms with van der Waals surface area (Å²) < 4.78 is 4.93. The molecular weight excluding hydrogens is 672 g/mol. The molecule has 0 spiro atoms. The second-order valence-corrected chi connectivity index (χ2v) is 10.5. The van der Waals surface area contributed by atoms with Gasteiger partial charge in [-0.25, -0.2) is 9.36 Å². The SMILES string of the molecule is O=[N+]([O-])c1cccc(-n2cc(-c3cccc(Br)c3)nn2)c1.O=[N+]([O-])c1cccc(-n2cc(-c3cccc(Br)c3)nn2)c1. The highest BCUT2D eigenvalue weighted by Crippen LogP contribution is 2.24. The fraction of sp³-hybridized carbons (Fsp3) is 0. The lowest BCUT2D eigenvalue weighted by atomic mass is 10.2. The Morgan fingerprint density at radius 3 is 1.36 bits per heavy atom. The van der Waals surface area contributed by atoms with Crippen LogP contribution in [0.3, 0.4) is 0 Å². The topological polar surface area (TPSA) is 148 Å². The zero-order chi connectivity index (χ0) is 29.6. The molecule has 0 saturated heterocycles. The molecule has 6 rings (SSSR count). The number of non-ortho nitro benzene ring substituents is 2. The van der Waals surface area contributed by atoms with Crippen molar-refractivity contribution in [3.05, 3.63) is 139 Å². The monoisotopic (exact) mass is 688 g/mol. The normalized spacial score (nSPS) is 10.5. The molecule has 2 heterocycles. The van der Waals surface area contributed by atoms with E-state index in [1.807, 2.05) is 48.5 Å². The van der Waals surface area contributed by atoms with Gasteiger partial charge in [0.05, 0.1) is 33.6 Å². The van der Waals surface area contributed by atoms with Gasteiger partial charge in [0.25, 0.3) is 11.4 Å². The molecule has 0 unspecified atom stereocenters. The van der Waals surface area contributed by atoms with Gasteiger partial charge in [0.15, 0.2) is 0 Å². The maximum absolute atomic E-state index is 10.8. The van der Waals surface area contributed by atoms with Crippen LogP contribution in [-0.2, 0) is 0 Å². The molecule has 0 atom stereocenters. The van der Waals surface area contributed by atoms with Crippen LogP contribution in [0.15, 0.2) is 118 Å². The predicted molar refractivity (Wildman–Crippen MR) is 162 cm³/mol. The molecule has 14 heteroatoms. The molecule has 4 aromatic carbocycles. The first-order valence-electron chi connectivity index (χ1n) is 12.1. The van der Waals surface area contributed by atoms with E-state index in [4.69, 9.17) is 0 Å². The summed E-state index contributed by atoms with van der Waals surface area (Å²) in [5.74, 6) is 0. The predicted octanol–water partition coefficient (Wildman–Crippen LogP) is 7.21. The molecule has 0 fully saturated rings. The number of nitro groups is 2. The van der Waals surface area contributed by atoms with E-state index in [0.29, 0.717) is 22.8 Å². The highest BCUT2D eigenvalue weighted by Gasteiger charge is 2.11. The number of hydrogen-bond acceptors (Lipinski definition) is 8. The van der Waals surface area contributed by atoms with Crippen LogP contribution in [0.2, 0.25) is 0 Å². The van der Waals surface area contributed by atoms with Gasteiger partial charge in [-0.1, -0.05) is 78.7 Å². The third kappa shape index (κ3) is 6.79. The van der Waals surface area contributed by atoms with Crippen molar-refractivity contribution in [2.24, 2.45) is 0 Å². The Morgan fingerprint density at radius 2 is 0.976 bits per heavy atom. The Bertz CT molecular complexity index is 1770. The summed E-state index contributed by atoms with van der Waals surface area (Å²) in [6.45, 7) is 0. The van der Waals surface area contributed by atoms with Crippen molar-refractivity contribution >= 4 is 43.2 Å². The Morgan fingerprint density at radius 1 is 0.571 bits per heavy atom. The average molecular weight is 690 g/mol. The van der Waals surface area contributed by atoms with Crippen LogP contribution >= 0.6 is 31.9 Å². The van der Waals surface area contributed by atoms with E-state index < -0.39 is 9.85 Å². The molecule has 0 aliphatic carbocycles. The summed E-state index contributed by atoms with van der Waals surface area (Å²) in [6.07, 6.45) is 3.47. The summed E-state index contributed by atoms with van der Waals surface area (Å²) in [5, 5.41) is 37.9. The molecule has 0 bridgehead atoms. The highest BCUT2D eigenvalue weighted by atomic mass is 79.9. The highest BCUT2D eigenvalue weighted by molar-refractivity contribution is 9.10. The number of benzene rings is 4. The molecule has 0 aliphatic heterocycles. The van der Waals surface area contributed by atoms with E-state index in [2.05, 4.69) is 52.5 Å². The van der Waals surface area contributed by atoms with Gasteiger partial charge in [-0.2, -0.15) is 0 Å². The van der Waals surface area contributed by atoms with E-state index in [1.54, 1.807) is 36.7 Å². The zero-order valence-corrected chi connectivity index (χ0v) is 24.5. The van der Waals surface area contributed by atoms with Crippen molar-refractivity contribution in [3.63, 3.8) is 0 Å². The molecule has 0 N–H and O–H groups in total. The van der Waals surface area contributed by atoms with E-state index in [9.17, 15) is 20.2 Å². The third-order valence-electron chi connectivity index (χ3n) is 5.84. The molecule has 0 saturated carbocycles. The average Bonchev–Trinajstić information content (AvgIpc) is 3.69. The Labute approximate surface area is 254 Å². The minimum atomic E-state index is -0.435. The van der Waals surface area contributed by atoms with Gasteiger partial charge in [-0.15, -0.1) is 10.2 Å². The molecule has 0 radical (unpaired) electrons. The Kier molecular flexibility index (Phi) is 8.55. The van der Waals surface area contributed by atoms with Crippen LogP contribution in [0.5, 0.6) is 0 Å². The number of nitrogens with zero attached hydrogens (tertiary/aromatic N) is 8. The van der Waals surface area contributed by atoms with Crippen LogP contribution in [-0.4, -0.2) is 39.8 Å². The van der Waals surface area contributed by atoms with Gasteiger partial charge in [0.2, 0.25) is 0 Å². The lowest BCUT2D eigenvalue weighted by Gasteiger charge is -1.99. The molecule has 0 aliphatic rings. The molecule has 6 aromatic rings. The van der Waals surface area contributed by atoms with Crippen molar-refractivity contribution in [2.75, 3.05) is 0 Å². The van der Waals surface area contributed by atoms with Crippen LogP contribution in [0.25, 0.3) is 33.9 Å². The summed E-state index contributed by atoms with van der Waals surface area (Å²) in [4.78, 5) is 20.7. The maximum Gasteiger partial charge on any atom is 0.271 e. The van der Waals surface area contributed by atoms with Crippen LogP contribution in [0, 0.1) is 20.2 Å². The lowest BCUT2D eigenvalue weighted by molar-refractivity contribution is -0.385. The Hall–Kier alpha value is -5.08. The van der Waals surface area contributed by atoms with E-state index >= 15 is 0 Å². The van der Waals surface area contributed by atoms with E-state index in [-0.39, 0.29) is 11.4 Å². The molecule has 0 amide bonds. The second kappa shape index (κ2) is 12.6. The van der Waals surface area contributed by atoms with E-state index in [1.165, 1.54) is 33.6 Å². The van der Waals surface area contributed by atoms with Gasteiger partial charge >= 0.3 is 0 Å². The van der Waals surface area contributed by atoms with Crippen molar-refractivity contribution in [3.8, 4) is 33.9 Å². The Balaban J connectivity index is 0.000000168. The quantitative estimate of drug-likeness (QED) is 0.132. The van der Waals surface area contributed by atoms with Gasteiger partial charge in [-0.3, -0.25) is 20.2 Å². The second-order valence-electron chi connectivity index (χ2n) is 8.67. The summed E-state index contributed by atoms with van der Waals surface area (Å²) >= 11 is 6.81. The van der Waals surface area contributed by atoms with Gasteiger partial charge < -0.3 is 0 Å². The van der Waals surface area contributed by atoms with Crippen molar-refractivity contribution in [2.45, 2.75) is 0 Å². The first kappa shape index (κ1) is 28.4. The zero-order valence-electron chi connectivity index (χ0n) is 21.4. The number of aromatic nitrogens is 6. The molecule has 12 nitrogen and oxygen atoms in total. The van der Waals surface area contributed by atoms with Crippen molar-refractivity contribution in [1.82, 2.24) is 30.0 Å². The first-order valence-corrected chi connectivity index (χ1v) is 13.7. The third-order valence-corrected chi connectivity index (χ3v) is 6.82. The van der Waals surface area contributed by atoms with Crippen molar-refractivity contribution < 1.29 is 9.85 Å². The summed E-state index contributed by atoms with van der Waals surface area (Å²) in [6, 6.07) is 27.9. The van der Waals surface area contributed by atoms with Crippen LogP contribution in [0.4, 0.5) is 11.4 Å². The largest absolute Gasteiger partial charge is 0.271 e. The number of rotatable bonds is 6. The minimum absolute atomic E-state index is 0.0204. The fourth-order valence-electron chi connectivity index (χ4n) is 3.84. The molecule has 208 valence electrons. The smallest absolute Gasteiger partial charge is 0.258 e. The maximum atomic E-state index is 10.8. The molecular formula is C28H18Br2N8O4. The fourth-order valence-corrected chi connectivity index (χ4v) is 4.64. The minimum Gasteiger partial charge on any atom is -0.258 e. The summed E-state index contributed by atoms with van der Waals surface area (Å²) in [5.41, 5.74) is 4.46. The number of nitro benzene ring substituents is 2. The lowest BCUT2D eigenvalue weighted by Crippen LogP contribution is -1.96. The van der Waals surface area contributed by atoms with Gasteiger partial charge in [0, 0.05) is 44.3 Å². The van der Waals surface area contributed by atoms with Crippen LogP contribution < -0.4 is 0 Å². The standard InChI is InChI=1S/2C14H9BrN4O2/c2*15-11-4-1-3-10(7-11)14-9-18(17-16-14)12-5-2-6-13(8-12)19(20)21/h2*1-9H. The van der Waals surface area contributed by atoms with Gasteiger partial charge in [-0.05, 0) is 36.4 Å². The molecule has 42 heavy (non-hydrogen) atoms. The van der Waals surface area contributed by atoms with E-state index in [0.717, 1.165) is 20.1 Å². The first-order chi connectivity index (χ1) is 20.3. The number of hydrogen-bond donors (Lipinski definition) is 0.